The number of hydrogen-bond donors (Lipinski definition) is 0. The Morgan fingerprint density at radius 1 is 0.786 bits per heavy atom. The van der Waals surface area contributed by atoms with E-state index in [0.717, 1.165) is 33.8 Å². The zero-order valence-corrected chi connectivity index (χ0v) is 16.5. The molecule has 5 nitrogen and oxygen atoms in total. The summed E-state index contributed by atoms with van der Waals surface area (Å²) in [4.78, 5) is 9.38. The molecule has 4 aromatic rings. The van der Waals surface area contributed by atoms with Crippen LogP contribution in [-0.2, 0) is 0 Å². The molecule has 0 saturated carbocycles. The maximum Gasteiger partial charge on any atom is 0.225 e. The van der Waals surface area contributed by atoms with Crippen LogP contribution in [-0.4, -0.2) is 19.7 Å². The first kappa shape index (κ1) is 17.9. The fourth-order valence-corrected chi connectivity index (χ4v) is 3.26. The van der Waals surface area contributed by atoms with Crippen molar-refractivity contribution in [3.05, 3.63) is 83.2 Å². The summed E-state index contributed by atoms with van der Waals surface area (Å²) >= 11 is 0. The molecule has 0 N–H and O–H groups in total. The Morgan fingerprint density at radius 3 is 2.14 bits per heavy atom. The summed E-state index contributed by atoms with van der Waals surface area (Å²) in [6.45, 7) is 8.08. The van der Waals surface area contributed by atoms with Crippen LogP contribution in [0.15, 0.2) is 60.7 Å². The summed E-state index contributed by atoms with van der Waals surface area (Å²) in [5.74, 6) is 2.53. The Bertz CT molecular complexity index is 1110. The van der Waals surface area contributed by atoms with Gasteiger partial charge in [0.1, 0.15) is 5.75 Å². The van der Waals surface area contributed by atoms with Crippen LogP contribution in [0, 0.1) is 27.7 Å². The van der Waals surface area contributed by atoms with E-state index in [0.29, 0.717) is 17.5 Å². The van der Waals surface area contributed by atoms with Gasteiger partial charge in [-0.3, -0.25) is 0 Å². The van der Waals surface area contributed by atoms with Gasteiger partial charge in [0.2, 0.25) is 5.88 Å². The number of aryl methyl sites for hydroxylation is 4. The molecule has 4 rings (SSSR count). The van der Waals surface area contributed by atoms with Crippen LogP contribution in [0.4, 0.5) is 0 Å². The summed E-state index contributed by atoms with van der Waals surface area (Å²) in [5.41, 5.74) is 5.16. The number of benzene rings is 2. The fourth-order valence-electron chi connectivity index (χ4n) is 3.26. The van der Waals surface area contributed by atoms with Gasteiger partial charge in [-0.15, -0.1) is 0 Å². The van der Waals surface area contributed by atoms with Gasteiger partial charge in [0.25, 0.3) is 0 Å². The van der Waals surface area contributed by atoms with Crippen LogP contribution in [0.1, 0.15) is 22.5 Å². The van der Waals surface area contributed by atoms with Gasteiger partial charge in [-0.1, -0.05) is 36.4 Å². The molecule has 0 saturated heterocycles. The van der Waals surface area contributed by atoms with Crippen molar-refractivity contribution >= 4 is 0 Å². The average Bonchev–Trinajstić information content (AvgIpc) is 2.99. The van der Waals surface area contributed by atoms with E-state index in [4.69, 9.17) is 9.72 Å². The van der Waals surface area contributed by atoms with Crippen molar-refractivity contribution in [3.8, 4) is 28.8 Å². The minimum Gasteiger partial charge on any atom is -0.439 e. The van der Waals surface area contributed by atoms with Gasteiger partial charge in [-0.2, -0.15) is 10.1 Å². The summed E-state index contributed by atoms with van der Waals surface area (Å²) in [5, 5.41) is 4.56. The van der Waals surface area contributed by atoms with Crippen LogP contribution < -0.4 is 4.74 Å². The lowest BCUT2D eigenvalue weighted by atomic mass is 10.1. The Hall–Kier alpha value is -3.47. The molecule has 0 fully saturated rings. The Labute approximate surface area is 164 Å². The predicted molar refractivity (Wildman–Crippen MR) is 110 cm³/mol. The third-order valence-electron chi connectivity index (χ3n) is 4.37. The monoisotopic (exact) mass is 370 g/mol. The van der Waals surface area contributed by atoms with Gasteiger partial charge in [0.05, 0.1) is 5.69 Å². The van der Waals surface area contributed by atoms with E-state index in [1.54, 1.807) is 0 Å². The molecule has 0 spiro atoms. The first-order valence-corrected chi connectivity index (χ1v) is 9.22. The van der Waals surface area contributed by atoms with Crippen molar-refractivity contribution in [3.63, 3.8) is 0 Å². The lowest BCUT2D eigenvalue weighted by Crippen LogP contribution is -2.05. The van der Waals surface area contributed by atoms with Crippen molar-refractivity contribution in [1.82, 2.24) is 19.7 Å². The highest BCUT2D eigenvalue weighted by atomic mass is 16.5. The second-order valence-electron chi connectivity index (χ2n) is 7.02. The van der Waals surface area contributed by atoms with Crippen LogP contribution in [0.5, 0.6) is 11.6 Å². The van der Waals surface area contributed by atoms with Crippen molar-refractivity contribution in [2.45, 2.75) is 27.7 Å². The maximum atomic E-state index is 6.12. The van der Waals surface area contributed by atoms with Crippen molar-refractivity contribution < 1.29 is 4.74 Å². The molecule has 2 heterocycles. The third kappa shape index (κ3) is 3.78. The Kier molecular flexibility index (Phi) is 4.65. The average molecular weight is 370 g/mol. The van der Waals surface area contributed by atoms with E-state index in [1.807, 2.05) is 73.1 Å². The van der Waals surface area contributed by atoms with Crippen LogP contribution in [0.25, 0.3) is 17.2 Å². The smallest absolute Gasteiger partial charge is 0.225 e. The van der Waals surface area contributed by atoms with Gasteiger partial charge in [-0.05, 0) is 57.0 Å². The van der Waals surface area contributed by atoms with Gasteiger partial charge in [0, 0.05) is 17.3 Å². The molecule has 0 aliphatic carbocycles. The molecule has 0 aliphatic heterocycles. The molecular weight excluding hydrogens is 348 g/mol. The van der Waals surface area contributed by atoms with Gasteiger partial charge >= 0.3 is 0 Å². The van der Waals surface area contributed by atoms with E-state index < -0.39 is 0 Å². The number of rotatable bonds is 4. The quantitative estimate of drug-likeness (QED) is 0.485. The summed E-state index contributed by atoms with van der Waals surface area (Å²) in [7, 11) is 0. The van der Waals surface area contributed by atoms with Crippen molar-refractivity contribution in [2.24, 2.45) is 0 Å². The lowest BCUT2D eigenvalue weighted by molar-refractivity contribution is 0.460. The normalized spacial score (nSPS) is 10.9. The molecular formula is C23H22N4O. The number of aromatic nitrogens is 4. The van der Waals surface area contributed by atoms with Crippen molar-refractivity contribution in [1.29, 1.82) is 0 Å². The first-order chi connectivity index (χ1) is 13.5. The minimum atomic E-state index is 0.487. The van der Waals surface area contributed by atoms with Crippen LogP contribution in [0.3, 0.4) is 0 Å². The van der Waals surface area contributed by atoms with Gasteiger partial charge in [-0.25, -0.2) is 9.67 Å². The standard InChI is InChI=1S/C23H22N4O/c1-15-10-16(2)12-20(11-15)28-22-14-21(27-18(4)13-17(3)26-27)24-23(25-22)19-8-6-5-7-9-19/h5-14H,1-4H3. The molecule has 0 atom stereocenters. The van der Waals surface area contributed by atoms with E-state index in [9.17, 15) is 0 Å². The summed E-state index contributed by atoms with van der Waals surface area (Å²) < 4.78 is 7.94. The second kappa shape index (κ2) is 7.27. The second-order valence-corrected chi connectivity index (χ2v) is 7.02. The van der Waals surface area contributed by atoms with E-state index in [-0.39, 0.29) is 0 Å². The topological polar surface area (TPSA) is 52.8 Å². The Balaban J connectivity index is 1.83. The van der Waals surface area contributed by atoms with E-state index in [2.05, 4.69) is 30.0 Å². The van der Waals surface area contributed by atoms with E-state index >= 15 is 0 Å². The lowest BCUT2D eigenvalue weighted by Gasteiger charge is -2.11. The van der Waals surface area contributed by atoms with E-state index in [1.165, 1.54) is 0 Å². The zero-order valence-electron chi connectivity index (χ0n) is 16.5. The number of nitrogens with zero attached hydrogens (tertiary/aromatic N) is 4. The number of hydrogen-bond acceptors (Lipinski definition) is 4. The first-order valence-electron chi connectivity index (χ1n) is 9.22. The molecule has 0 radical (unpaired) electrons. The molecule has 0 bridgehead atoms. The Morgan fingerprint density at radius 2 is 1.50 bits per heavy atom. The number of ether oxygens (including phenoxy) is 1. The van der Waals surface area contributed by atoms with Gasteiger partial charge in [0.15, 0.2) is 11.6 Å². The zero-order chi connectivity index (χ0) is 19.7. The van der Waals surface area contributed by atoms with Crippen LogP contribution >= 0.6 is 0 Å². The van der Waals surface area contributed by atoms with Crippen molar-refractivity contribution in [2.75, 3.05) is 0 Å². The third-order valence-corrected chi connectivity index (χ3v) is 4.37. The predicted octanol–water partition coefficient (Wildman–Crippen LogP) is 5.36. The molecule has 2 aromatic heterocycles. The molecule has 2 aromatic carbocycles. The SMILES string of the molecule is Cc1cc(C)cc(Oc2cc(-n3nc(C)cc3C)nc(-c3ccccc3)n2)c1. The largest absolute Gasteiger partial charge is 0.439 e. The molecule has 0 unspecified atom stereocenters. The fraction of sp³-hybridized carbons (Fsp3) is 0.174. The molecule has 0 aliphatic rings. The van der Waals surface area contributed by atoms with Crippen LogP contribution in [0.2, 0.25) is 0 Å². The summed E-state index contributed by atoms with van der Waals surface area (Å²) in [6, 6.07) is 19.9. The molecule has 140 valence electrons. The summed E-state index contributed by atoms with van der Waals surface area (Å²) in [6.07, 6.45) is 0. The minimum absolute atomic E-state index is 0.487. The molecule has 5 heteroatoms. The highest BCUT2D eigenvalue weighted by Gasteiger charge is 2.13. The maximum absolute atomic E-state index is 6.12. The highest BCUT2D eigenvalue weighted by molar-refractivity contribution is 5.57. The van der Waals surface area contributed by atoms with Gasteiger partial charge < -0.3 is 4.74 Å². The highest BCUT2D eigenvalue weighted by Crippen LogP contribution is 2.27. The molecule has 0 amide bonds. The molecule has 28 heavy (non-hydrogen) atoms.